The van der Waals surface area contributed by atoms with Gasteiger partial charge in [0.1, 0.15) is 11.4 Å². The van der Waals surface area contributed by atoms with Gasteiger partial charge in [0.15, 0.2) is 0 Å². The van der Waals surface area contributed by atoms with E-state index in [0.29, 0.717) is 10.9 Å². The fraction of sp³-hybridized carbons (Fsp3) is 0.250. The Balaban J connectivity index is 1.86. The van der Waals surface area contributed by atoms with Crippen LogP contribution in [-0.2, 0) is 0 Å². The van der Waals surface area contributed by atoms with Crippen LogP contribution < -0.4 is 4.74 Å². The van der Waals surface area contributed by atoms with Gasteiger partial charge in [-0.3, -0.25) is 0 Å². The lowest BCUT2D eigenvalue weighted by molar-refractivity contribution is 0.204. The van der Waals surface area contributed by atoms with E-state index in [2.05, 4.69) is 12.1 Å². The zero-order chi connectivity index (χ0) is 13.3. The molecule has 0 aromatic heterocycles. The lowest BCUT2D eigenvalue weighted by atomic mass is 10.1. The second kappa shape index (κ2) is 5.07. The van der Waals surface area contributed by atoms with Gasteiger partial charge in [-0.2, -0.15) is 0 Å². The molecule has 3 rings (SSSR count). The smallest absolute Gasteiger partial charge is 0.138 e. The predicted molar refractivity (Wildman–Crippen MR) is 80.2 cm³/mol. The zero-order valence-corrected chi connectivity index (χ0v) is 11.9. The molecule has 1 nitrogen and oxygen atoms in total. The van der Waals surface area contributed by atoms with Gasteiger partial charge in [-0.1, -0.05) is 48.0 Å². The normalized spacial score (nSPS) is 16.1. The summed E-state index contributed by atoms with van der Waals surface area (Å²) in [5.74, 6) is 1.24. The van der Waals surface area contributed by atoms with Gasteiger partial charge in [-0.05, 0) is 36.1 Å². The minimum Gasteiger partial charge on any atom is -0.484 e. The number of hydrogen-bond donors (Lipinski definition) is 0. The van der Waals surface area contributed by atoms with Crippen molar-refractivity contribution < 1.29 is 4.74 Å². The first-order chi connectivity index (χ1) is 9.22. The average molecular weight is 293 g/mol. The van der Waals surface area contributed by atoms with Gasteiger partial charge in [0.05, 0.1) is 10.9 Å². The summed E-state index contributed by atoms with van der Waals surface area (Å²) >= 11 is 12.2. The number of ether oxygens (including phenoxy) is 1. The molecule has 0 spiro atoms. The SMILES string of the molecule is ClCC1(Oc2ccc(-c3ccccc3)cc2Cl)CC1. The van der Waals surface area contributed by atoms with E-state index in [1.807, 2.05) is 36.4 Å². The molecule has 0 bridgehead atoms. The van der Waals surface area contributed by atoms with Crippen LogP contribution >= 0.6 is 23.2 Å². The fourth-order valence-corrected chi connectivity index (χ4v) is 2.57. The highest BCUT2D eigenvalue weighted by atomic mass is 35.5. The Hall–Kier alpha value is -1.18. The highest BCUT2D eigenvalue weighted by Gasteiger charge is 2.45. The fourth-order valence-electron chi connectivity index (χ4n) is 2.03. The molecule has 2 aromatic carbocycles. The molecule has 3 heteroatoms. The lowest BCUT2D eigenvalue weighted by Gasteiger charge is -2.16. The number of halogens is 2. The minimum atomic E-state index is -0.181. The monoisotopic (exact) mass is 292 g/mol. The summed E-state index contributed by atoms with van der Waals surface area (Å²) in [5, 5.41) is 0.637. The topological polar surface area (TPSA) is 9.23 Å². The summed E-state index contributed by atoms with van der Waals surface area (Å²) < 4.78 is 5.92. The van der Waals surface area contributed by atoms with E-state index in [9.17, 15) is 0 Å². The third-order valence-corrected chi connectivity index (χ3v) is 4.20. The first-order valence-corrected chi connectivity index (χ1v) is 7.24. The van der Waals surface area contributed by atoms with E-state index < -0.39 is 0 Å². The number of benzene rings is 2. The van der Waals surface area contributed by atoms with Crippen molar-refractivity contribution in [2.45, 2.75) is 18.4 Å². The van der Waals surface area contributed by atoms with Gasteiger partial charge < -0.3 is 4.74 Å². The summed E-state index contributed by atoms with van der Waals surface area (Å²) in [6, 6.07) is 16.1. The maximum atomic E-state index is 6.30. The maximum absolute atomic E-state index is 6.30. The lowest BCUT2D eigenvalue weighted by Crippen LogP contribution is -2.19. The molecule has 0 unspecified atom stereocenters. The molecule has 0 amide bonds. The van der Waals surface area contributed by atoms with Gasteiger partial charge in [0.25, 0.3) is 0 Å². The van der Waals surface area contributed by atoms with Crippen molar-refractivity contribution in [1.29, 1.82) is 0 Å². The van der Waals surface area contributed by atoms with Gasteiger partial charge in [0, 0.05) is 0 Å². The first kappa shape index (κ1) is 12.8. The molecule has 0 saturated heterocycles. The molecule has 0 radical (unpaired) electrons. The van der Waals surface area contributed by atoms with Crippen LogP contribution in [0.5, 0.6) is 5.75 Å². The highest BCUT2D eigenvalue weighted by molar-refractivity contribution is 6.32. The van der Waals surface area contributed by atoms with Crippen LogP contribution in [-0.4, -0.2) is 11.5 Å². The second-order valence-electron chi connectivity index (χ2n) is 4.93. The Morgan fingerprint density at radius 3 is 2.32 bits per heavy atom. The van der Waals surface area contributed by atoms with Crippen molar-refractivity contribution in [3.05, 3.63) is 53.6 Å². The second-order valence-corrected chi connectivity index (χ2v) is 5.60. The van der Waals surface area contributed by atoms with Crippen LogP contribution in [0.3, 0.4) is 0 Å². The van der Waals surface area contributed by atoms with E-state index in [0.717, 1.165) is 29.7 Å². The molecule has 1 saturated carbocycles. The summed E-state index contributed by atoms with van der Waals surface area (Å²) in [6.45, 7) is 0. The molecular formula is C16H14Cl2O. The third kappa shape index (κ3) is 2.72. The number of alkyl halides is 1. The van der Waals surface area contributed by atoms with E-state index in [1.54, 1.807) is 0 Å². The van der Waals surface area contributed by atoms with Crippen LogP contribution in [0.25, 0.3) is 11.1 Å². The van der Waals surface area contributed by atoms with Gasteiger partial charge >= 0.3 is 0 Å². The quantitative estimate of drug-likeness (QED) is 0.708. The number of hydrogen-bond acceptors (Lipinski definition) is 1. The molecule has 0 aliphatic heterocycles. The van der Waals surface area contributed by atoms with Crippen molar-refractivity contribution in [3.63, 3.8) is 0 Å². The average Bonchev–Trinajstić information content (AvgIpc) is 3.22. The van der Waals surface area contributed by atoms with Crippen LogP contribution in [0.1, 0.15) is 12.8 Å². The largest absolute Gasteiger partial charge is 0.484 e. The van der Waals surface area contributed by atoms with E-state index in [-0.39, 0.29) is 5.60 Å². The maximum Gasteiger partial charge on any atom is 0.138 e. The standard InChI is InChI=1S/C16H14Cl2O/c17-11-16(8-9-16)19-15-7-6-13(10-14(15)18)12-4-2-1-3-5-12/h1-7,10H,8-9,11H2. The molecule has 0 heterocycles. The Morgan fingerprint density at radius 1 is 1.00 bits per heavy atom. The van der Waals surface area contributed by atoms with Crippen molar-refractivity contribution in [1.82, 2.24) is 0 Å². The van der Waals surface area contributed by atoms with Crippen molar-refractivity contribution in [3.8, 4) is 16.9 Å². The van der Waals surface area contributed by atoms with Crippen molar-refractivity contribution in [2.24, 2.45) is 0 Å². The molecular weight excluding hydrogens is 279 g/mol. The number of rotatable bonds is 4. The Labute approximate surface area is 123 Å². The van der Waals surface area contributed by atoms with Crippen LogP contribution in [0.4, 0.5) is 0 Å². The molecule has 2 aromatic rings. The molecule has 1 fully saturated rings. The van der Waals surface area contributed by atoms with Gasteiger partial charge in [0.2, 0.25) is 0 Å². The van der Waals surface area contributed by atoms with E-state index >= 15 is 0 Å². The molecule has 1 aliphatic carbocycles. The molecule has 0 N–H and O–H groups in total. The Kier molecular flexibility index (Phi) is 3.42. The van der Waals surface area contributed by atoms with Crippen LogP contribution in [0, 0.1) is 0 Å². The summed E-state index contributed by atoms with van der Waals surface area (Å²) in [7, 11) is 0. The van der Waals surface area contributed by atoms with E-state index in [4.69, 9.17) is 27.9 Å². The summed E-state index contributed by atoms with van der Waals surface area (Å²) in [4.78, 5) is 0. The van der Waals surface area contributed by atoms with Crippen molar-refractivity contribution >= 4 is 23.2 Å². The first-order valence-electron chi connectivity index (χ1n) is 6.32. The summed E-state index contributed by atoms with van der Waals surface area (Å²) in [5.41, 5.74) is 2.06. The van der Waals surface area contributed by atoms with Crippen LogP contribution in [0.15, 0.2) is 48.5 Å². The molecule has 98 valence electrons. The van der Waals surface area contributed by atoms with Crippen LogP contribution in [0.2, 0.25) is 5.02 Å². The third-order valence-electron chi connectivity index (χ3n) is 3.42. The zero-order valence-electron chi connectivity index (χ0n) is 10.4. The molecule has 19 heavy (non-hydrogen) atoms. The summed E-state index contributed by atoms with van der Waals surface area (Å²) in [6.07, 6.45) is 2.01. The van der Waals surface area contributed by atoms with Crippen molar-refractivity contribution in [2.75, 3.05) is 5.88 Å². The van der Waals surface area contributed by atoms with Gasteiger partial charge in [-0.25, -0.2) is 0 Å². The van der Waals surface area contributed by atoms with Gasteiger partial charge in [-0.15, -0.1) is 11.6 Å². The predicted octanol–water partition coefficient (Wildman–Crippen LogP) is 5.16. The Bertz CT molecular complexity index is 577. The molecule has 0 atom stereocenters. The minimum absolute atomic E-state index is 0.181. The van der Waals surface area contributed by atoms with E-state index in [1.165, 1.54) is 0 Å². The molecule has 1 aliphatic rings. The highest BCUT2D eigenvalue weighted by Crippen LogP contribution is 2.43. The Morgan fingerprint density at radius 2 is 1.74 bits per heavy atom.